The van der Waals surface area contributed by atoms with Gasteiger partial charge < -0.3 is 9.84 Å². The van der Waals surface area contributed by atoms with Crippen LogP contribution in [0.15, 0.2) is 4.52 Å². The number of nitrogens with one attached hydrogen (secondary N) is 1. The molecule has 0 spiro atoms. The van der Waals surface area contributed by atoms with E-state index in [0.29, 0.717) is 29.6 Å². The van der Waals surface area contributed by atoms with Crippen molar-refractivity contribution < 1.29 is 17.7 Å². The molecule has 0 radical (unpaired) electrons. The quantitative estimate of drug-likeness (QED) is 0.918. The molecule has 1 unspecified atom stereocenters. The third kappa shape index (κ3) is 3.85. The monoisotopic (exact) mass is 317 g/mol. The van der Waals surface area contributed by atoms with E-state index in [2.05, 4.69) is 20.6 Å². The highest BCUT2D eigenvalue weighted by atomic mass is 19.4. The molecule has 0 aliphatic carbocycles. The van der Waals surface area contributed by atoms with Crippen molar-refractivity contribution in [3.8, 4) is 0 Å². The fourth-order valence-corrected chi connectivity index (χ4v) is 2.42. The molecule has 2 heterocycles. The van der Waals surface area contributed by atoms with Gasteiger partial charge in [-0.25, -0.2) is 0 Å². The number of halogens is 3. The van der Waals surface area contributed by atoms with Crippen molar-refractivity contribution in [1.82, 2.24) is 25.2 Å². The van der Waals surface area contributed by atoms with Gasteiger partial charge in [0, 0.05) is 17.3 Å². The van der Waals surface area contributed by atoms with Gasteiger partial charge in [-0.1, -0.05) is 5.16 Å². The Morgan fingerprint density at radius 1 is 1.27 bits per heavy atom. The van der Waals surface area contributed by atoms with E-state index in [-0.39, 0.29) is 6.04 Å². The zero-order valence-electron chi connectivity index (χ0n) is 12.8. The van der Waals surface area contributed by atoms with Crippen molar-refractivity contribution in [1.29, 1.82) is 0 Å². The molecule has 0 bridgehead atoms. The average Bonchev–Trinajstić information content (AvgIpc) is 2.90. The molecule has 1 atom stereocenters. The van der Waals surface area contributed by atoms with E-state index in [0.717, 1.165) is 10.2 Å². The minimum atomic E-state index is -4.29. The Hall–Kier alpha value is -1.90. The van der Waals surface area contributed by atoms with Gasteiger partial charge in [0.25, 0.3) is 0 Å². The highest BCUT2D eigenvalue weighted by Gasteiger charge is 2.30. The van der Waals surface area contributed by atoms with E-state index in [4.69, 9.17) is 4.52 Å². The molecule has 1 N–H and O–H groups in total. The lowest BCUT2D eigenvalue weighted by molar-refractivity contribution is -0.142. The van der Waals surface area contributed by atoms with Crippen LogP contribution >= 0.6 is 0 Å². The molecular weight excluding hydrogens is 299 g/mol. The molecule has 0 aliphatic rings. The average molecular weight is 317 g/mol. The summed E-state index contributed by atoms with van der Waals surface area (Å²) in [4.78, 5) is 4.06. The topological polar surface area (TPSA) is 68.8 Å². The third-order valence-corrected chi connectivity index (χ3v) is 3.33. The van der Waals surface area contributed by atoms with Crippen LogP contribution in [0.3, 0.4) is 0 Å². The van der Waals surface area contributed by atoms with Crippen LogP contribution in [0.5, 0.6) is 0 Å². The van der Waals surface area contributed by atoms with Gasteiger partial charge in [-0.3, -0.25) is 4.68 Å². The minimum Gasteiger partial charge on any atom is -0.338 e. The van der Waals surface area contributed by atoms with Gasteiger partial charge in [0.15, 0.2) is 5.82 Å². The second-order valence-corrected chi connectivity index (χ2v) is 5.20. The highest BCUT2D eigenvalue weighted by Crippen LogP contribution is 2.25. The second kappa shape index (κ2) is 6.07. The Bertz CT molecular complexity index is 647. The summed E-state index contributed by atoms with van der Waals surface area (Å²) >= 11 is 0. The van der Waals surface area contributed by atoms with Gasteiger partial charge in [0.1, 0.15) is 6.54 Å². The maximum absolute atomic E-state index is 12.5. The number of rotatable bonds is 5. The molecule has 122 valence electrons. The SMILES string of the molecule is Cc1noc(CNC(C)c2c(C)nn(CC(F)(F)F)c2C)n1. The van der Waals surface area contributed by atoms with Crippen LogP contribution in [0.1, 0.15) is 41.6 Å². The molecule has 0 saturated heterocycles. The summed E-state index contributed by atoms with van der Waals surface area (Å²) in [6.07, 6.45) is -4.29. The van der Waals surface area contributed by atoms with Crippen molar-refractivity contribution in [2.75, 3.05) is 0 Å². The first-order chi connectivity index (χ1) is 10.2. The molecule has 0 aromatic carbocycles. The summed E-state index contributed by atoms with van der Waals surface area (Å²) in [6.45, 7) is 6.16. The van der Waals surface area contributed by atoms with Gasteiger partial charge in [-0.05, 0) is 27.7 Å². The number of aryl methyl sites for hydroxylation is 2. The third-order valence-electron chi connectivity index (χ3n) is 3.33. The lowest BCUT2D eigenvalue weighted by Gasteiger charge is -2.14. The van der Waals surface area contributed by atoms with Crippen LogP contribution in [-0.4, -0.2) is 26.1 Å². The molecular formula is C13H18F3N5O. The van der Waals surface area contributed by atoms with Gasteiger partial charge in [-0.15, -0.1) is 0 Å². The van der Waals surface area contributed by atoms with E-state index in [1.807, 2.05) is 6.92 Å². The number of alkyl halides is 3. The maximum Gasteiger partial charge on any atom is 0.408 e. The summed E-state index contributed by atoms with van der Waals surface area (Å²) in [5, 5.41) is 10.8. The molecule has 9 heteroatoms. The Morgan fingerprint density at radius 3 is 2.50 bits per heavy atom. The summed E-state index contributed by atoms with van der Waals surface area (Å²) in [5.74, 6) is 0.970. The van der Waals surface area contributed by atoms with Gasteiger partial charge in [0.05, 0.1) is 12.2 Å². The van der Waals surface area contributed by atoms with Crippen molar-refractivity contribution >= 4 is 0 Å². The fourth-order valence-electron chi connectivity index (χ4n) is 2.42. The maximum atomic E-state index is 12.5. The largest absolute Gasteiger partial charge is 0.408 e. The van der Waals surface area contributed by atoms with Crippen LogP contribution in [0, 0.1) is 20.8 Å². The zero-order valence-corrected chi connectivity index (χ0v) is 12.8. The normalized spacial score (nSPS) is 13.6. The van der Waals surface area contributed by atoms with E-state index in [1.54, 1.807) is 20.8 Å². The Kier molecular flexibility index (Phi) is 4.55. The van der Waals surface area contributed by atoms with Crippen molar-refractivity contribution in [3.63, 3.8) is 0 Å². The highest BCUT2D eigenvalue weighted by molar-refractivity contribution is 5.27. The van der Waals surface area contributed by atoms with Gasteiger partial charge in [-0.2, -0.15) is 23.3 Å². The molecule has 0 aliphatic heterocycles. The van der Waals surface area contributed by atoms with E-state index in [1.165, 1.54) is 0 Å². The number of hydrogen-bond acceptors (Lipinski definition) is 5. The standard InChI is InChI=1S/C13H18F3N5O/c1-7(17-5-11-18-10(4)20-22-11)12-8(2)19-21(9(12)3)6-13(14,15)16/h7,17H,5-6H2,1-4H3. The van der Waals surface area contributed by atoms with Crippen LogP contribution in [0.25, 0.3) is 0 Å². The van der Waals surface area contributed by atoms with Crippen LogP contribution in [0.2, 0.25) is 0 Å². The lowest BCUT2D eigenvalue weighted by atomic mass is 10.1. The number of hydrogen-bond donors (Lipinski definition) is 1. The molecule has 0 fully saturated rings. The molecule has 0 saturated carbocycles. The van der Waals surface area contributed by atoms with E-state index in [9.17, 15) is 13.2 Å². The van der Waals surface area contributed by atoms with Crippen molar-refractivity contribution in [2.45, 2.75) is 53.0 Å². The summed E-state index contributed by atoms with van der Waals surface area (Å²) in [6, 6.07) is -0.186. The molecule has 2 rings (SSSR count). The van der Waals surface area contributed by atoms with Crippen LogP contribution in [0.4, 0.5) is 13.2 Å². The van der Waals surface area contributed by atoms with Crippen LogP contribution in [-0.2, 0) is 13.1 Å². The molecule has 2 aromatic heterocycles. The van der Waals surface area contributed by atoms with Gasteiger partial charge in [0.2, 0.25) is 5.89 Å². The molecule has 6 nitrogen and oxygen atoms in total. The summed E-state index contributed by atoms with van der Waals surface area (Å²) < 4.78 is 43.6. The van der Waals surface area contributed by atoms with E-state index >= 15 is 0 Å². The molecule has 22 heavy (non-hydrogen) atoms. The Balaban J connectivity index is 2.10. The zero-order chi connectivity index (χ0) is 16.5. The number of aromatic nitrogens is 4. The minimum absolute atomic E-state index is 0.186. The summed E-state index contributed by atoms with van der Waals surface area (Å²) in [5.41, 5.74) is 1.82. The smallest absolute Gasteiger partial charge is 0.338 e. The molecule has 0 amide bonds. The summed E-state index contributed by atoms with van der Waals surface area (Å²) in [7, 11) is 0. The first-order valence-electron chi connectivity index (χ1n) is 6.80. The predicted molar refractivity (Wildman–Crippen MR) is 72.0 cm³/mol. The number of nitrogens with zero attached hydrogens (tertiary/aromatic N) is 4. The van der Waals surface area contributed by atoms with Crippen LogP contribution < -0.4 is 5.32 Å². The first-order valence-corrected chi connectivity index (χ1v) is 6.80. The predicted octanol–water partition coefficient (Wildman–Crippen LogP) is 2.60. The molecule has 2 aromatic rings. The van der Waals surface area contributed by atoms with Crippen molar-refractivity contribution in [2.24, 2.45) is 0 Å². The Morgan fingerprint density at radius 2 is 1.95 bits per heavy atom. The lowest BCUT2D eigenvalue weighted by Crippen LogP contribution is -2.21. The second-order valence-electron chi connectivity index (χ2n) is 5.20. The first kappa shape index (κ1) is 16.5. The Labute approximate surface area is 125 Å². The fraction of sp³-hybridized carbons (Fsp3) is 0.615. The van der Waals surface area contributed by atoms with Gasteiger partial charge >= 0.3 is 6.18 Å². The van der Waals surface area contributed by atoms with Crippen molar-refractivity contribution in [3.05, 3.63) is 28.7 Å². The van der Waals surface area contributed by atoms with E-state index < -0.39 is 12.7 Å².